The van der Waals surface area contributed by atoms with Crippen molar-refractivity contribution in [3.05, 3.63) is 88.0 Å². The largest absolute Gasteiger partial charge is 0.573 e. The van der Waals surface area contributed by atoms with Gasteiger partial charge < -0.3 is 15.0 Å². The average molecular weight is 618 g/mol. The van der Waals surface area contributed by atoms with Gasteiger partial charge in [-0.3, -0.25) is 9.80 Å². The van der Waals surface area contributed by atoms with E-state index in [4.69, 9.17) is 28.9 Å². The van der Waals surface area contributed by atoms with E-state index in [1.165, 1.54) is 17.7 Å². The Morgan fingerprint density at radius 2 is 1.60 bits per heavy atom. The van der Waals surface area contributed by atoms with E-state index in [0.29, 0.717) is 28.7 Å². The molecule has 2 atom stereocenters. The third-order valence-corrected chi connectivity index (χ3v) is 9.17. The first-order valence-electron chi connectivity index (χ1n) is 14.3. The predicted molar refractivity (Wildman–Crippen MR) is 162 cm³/mol. The predicted octanol–water partition coefficient (Wildman–Crippen LogP) is 7.71. The number of hydrogen-bond acceptors (Lipinski definition) is 4. The van der Waals surface area contributed by atoms with E-state index in [1.54, 1.807) is 12.1 Å². The molecular formula is C32H33Cl2F3N4O. The summed E-state index contributed by atoms with van der Waals surface area (Å²) in [7, 11) is 0. The lowest BCUT2D eigenvalue weighted by molar-refractivity contribution is -0.274. The van der Waals surface area contributed by atoms with Crippen LogP contribution in [0.15, 0.2) is 66.9 Å². The first kappa shape index (κ1) is 29.3. The van der Waals surface area contributed by atoms with E-state index in [9.17, 15) is 13.2 Å². The molecule has 2 saturated heterocycles. The third-order valence-electron chi connectivity index (χ3n) is 8.47. The van der Waals surface area contributed by atoms with Gasteiger partial charge in [-0.25, -0.2) is 0 Å². The van der Waals surface area contributed by atoms with Crippen LogP contribution < -0.4 is 10.5 Å². The molecule has 2 bridgehead atoms. The van der Waals surface area contributed by atoms with Crippen LogP contribution in [0.5, 0.6) is 5.75 Å². The summed E-state index contributed by atoms with van der Waals surface area (Å²) in [5.74, 6) is -0.232. The molecule has 4 aromatic rings. The maximum Gasteiger partial charge on any atom is 0.573 e. The van der Waals surface area contributed by atoms with Crippen molar-refractivity contribution in [1.29, 1.82) is 0 Å². The molecule has 2 fully saturated rings. The van der Waals surface area contributed by atoms with Crippen LogP contribution in [0.4, 0.5) is 13.2 Å². The first-order chi connectivity index (χ1) is 20.2. The zero-order valence-electron chi connectivity index (χ0n) is 23.1. The lowest BCUT2D eigenvalue weighted by Crippen LogP contribution is -2.52. The van der Waals surface area contributed by atoms with Gasteiger partial charge in [0.1, 0.15) is 5.75 Å². The second-order valence-electron chi connectivity index (χ2n) is 11.3. The highest BCUT2D eigenvalue weighted by Gasteiger charge is 2.40. The van der Waals surface area contributed by atoms with Crippen LogP contribution in [0.2, 0.25) is 10.0 Å². The molecule has 3 heterocycles. The molecule has 2 N–H and O–H groups in total. The molecule has 1 aromatic heterocycles. The Morgan fingerprint density at radius 3 is 2.24 bits per heavy atom. The van der Waals surface area contributed by atoms with Crippen LogP contribution in [0, 0.1) is 0 Å². The molecule has 10 heteroatoms. The topological polar surface area (TPSA) is 46.7 Å². The quantitative estimate of drug-likeness (QED) is 0.209. The highest BCUT2D eigenvalue weighted by molar-refractivity contribution is 6.35. The lowest BCUT2D eigenvalue weighted by atomic mass is 10.0. The van der Waals surface area contributed by atoms with Gasteiger partial charge in [-0.2, -0.15) is 0 Å². The Balaban J connectivity index is 1.22. The minimum absolute atomic E-state index is 0.232. The molecule has 0 aliphatic carbocycles. The van der Waals surface area contributed by atoms with Crippen LogP contribution in [-0.4, -0.2) is 52.4 Å². The number of rotatable bonds is 9. The number of nitrogens with two attached hydrogens (primary N) is 1. The van der Waals surface area contributed by atoms with E-state index in [0.717, 1.165) is 79.6 Å². The molecule has 42 heavy (non-hydrogen) atoms. The van der Waals surface area contributed by atoms with Gasteiger partial charge in [0.05, 0.1) is 0 Å². The van der Waals surface area contributed by atoms with Gasteiger partial charge in [0, 0.05) is 83.1 Å². The number of aryl methyl sites for hydroxylation is 1. The number of hydrogen-bond donors (Lipinski definition) is 1. The minimum Gasteiger partial charge on any atom is -0.406 e. The van der Waals surface area contributed by atoms with Gasteiger partial charge in [-0.15, -0.1) is 13.2 Å². The SMILES string of the molecule is NCCCn1cc(-c2ccc(OC(F)(F)F)cc2)c2cc(CN3CC4CC[C@@H](C3)N4Cc3c(Cl)cccc3Cl)ccc21. The molecule has 0 radical (unpaired) electrons. The van der Waals surface area contributed by atoms with Gasteiger partial charge in [0.25, 0.3) is 0 Å². The highest BCUT2D eigenvalue weighted by atomic mass is 35.5. The summed E-state index contributed by atoms with van der Waals surface area (Å²) < 4.78 is 44.3. The molecule has 3 aromatic carbocycles. The molecular weight excluding hydrogens is 584 g/mol. The van der Waals surface area contributed by atoms with E-state index in [-0.39, 0.29) is 5.75 Å². The summed E-state index contributed by atoms with van der Waals surface area (Å²) in [5.41, 5.74) is 10.9. The number of aromatic nitrogens is 1. The number of alkyl halides is 3. The molecule has 1 unspecified atom stereocenters. The van der Waals surface area contributed by atoms with Crippen molar-refractivity contribution in [3.63, 3.8) is 0 Å². The van der Waals surface area contributed by atoms with Gasteiger partial charge in [-0.05, 0) is 73.3 Å². The maximum absolute atomic E-state index is 12.7. The number of halogens is 5. The number of fused-ring (bicyclic) bond motifs is 3. The summed E-state index contributed by atoms with van der Waals surface area (Å²) in [6.07, 6.45) is 0.495. The van der Waals surface area contributed by atoms with E-state index in [1.807, 2.05) is 18.2 Å². The zero-order chi connectivity index (χ0) is 29.4. The van der Waals surface area contributed by atoms with Crippen molar-refractivity contribution < 1.29 is 17.9 Å². The molecule has 0 spiro atoms. The minimum atomic E-state index is -4.72. The summed E-state index contributed by atoms with van der Waals surface area (Å²) in [6.45, 7) is 4.88. The van der Waals surface area contributed by atoms with E-state index in [2.05, 4.69) is 43.5 Å². The Bertz CT molecular complexity index is 1520. The van der Waals surface area contributed by atoms with Crippen LogP contribution >= 0.6 is 23.2 Å². The van der Waals surface area contributed by atoms with Crippen molar-refractivity contribution >= 4 is 34.1 Å². The number of nitrogens with zero attached hydrogens (tertiary/aromatic N) is 3. The number of benzene rings is 3. The van der Waals surface area contributed by atoms with E-state index >= 15 is 0 Å². The van der Waals surface area contributed by atoms with Crippen molar-refractivity contribution in [2.75, 3.05) is 19.6 Å². The summed E-state index contributed by atoms with van der Waals surface area (Å²) in [4.78, 5) is 5.09. The third kappa shape index (κ3) is 6.29. The summed E-state index contributed by atoms with van der Waals surface area (Å²) in [5, 5.41) is 2.51. The second-order valence-corrected chi connectivity index (χ2v) is 12.1. The van der Waals surface area contributed by atoms with Gasteiger partial charge in [-0.1, -0.05) is 47.5 Å². The van der Waals surface area contributed by atoms with Crippen LogP contribution in [0.3, 0.4) is 0 Å². The standard InChI is InChI=1S/C32H33Cl2F3N4O/c33-29-3-1-4-30(34)28(29)20-41-23-8-9-24(41)18-39(17-23)16-21-5-12-31-26(15-21)27(19-40(31)14-2-13-38)22-6-10-25(11-7-22)42-32(35,36)37/h1,3-7,10-12,15,19,23-24H,2,8-9,13-14,16-18,20,38H2/t23-,24?/m0/s1. The Kier molecular flexibility index (Phi) is 8.44. The molecule has 2 aliphatic rings. The molecule has 2 aliphatic heterocycles. The van der Waals surface area contributed by atoms with Crippen LogP contribution in [0.25, 0.3) is 22.0 Å². The number of likely N-dealkylation sites (tertiary alicyclic amines) is 1. The molecule has 6 rings (SSSR count). The number of piperazine rings is 1. The van der Waals surface area contributed by atoms with Gasteiger partial charge in [0.15, 0.2) is 0 Å². The molecule has 222 valence electrons. The normalized spacial score (nSPS) is 19.6. The number of ether oxygens (including phenoxy) is 1. The van der Waals surface area contributed by atoms with Crippen molar-refractivity contribution in [2.45, 2.75) is 57.3 Å². The highest BCUT2D eigenvalue weighted by Crippen LogP contribution is 2.37. The van der Waals surface area contributed by atoms with Crippen LogP contribution in [-0.2, 0) is 19.6 Å². The van der Waals surface area contributed by atoms with Crippen LogP contribution in [0.1, 0.15) is 30.4 Å². The fourth-order valence-electron chi connectivity index (χ4n) is 6.54. The van der Waals surface area contributed by atoms with Crippen molar-refractivity contribution in [2.24, 2.45) is 5.73 Å². The Labute approximate surface area is 253 Å². The summed E-state index contributed by atoms with van der Waals surface area (Å²) >= 11 is 13.0. The lowest BCUT2D eigenvalue weighted by Gasteiger charge is -2.41. The smallest absolute Gasteiger partial charge is 0.406 e. The van der Waals surface area contributed by atoms with Crippen molar-refractivity contribution in [1.82, 2.24) is 14.4 Å². The van der Waals surface area contributed by atoms with Crippen molar-refractivity contribution in [3.8, 4) is 16.9 Å². The van der Waals surface area contributed by atoms with E-state index < -0.39 is 6.36 Å². The zero-order valence-corrected chi connectivity index (χ0v) is 24.6. The molecule has 5 nitrogen and oxygen atoms in total. The first-order valence-corrected chi connectivity index (χ1v) is 15.0. The van der Waals surface area contributed by atoms with Gasteiger partial charge >= 0.3 is 6.36 Å². The Morgan fingerprint density at radius 1 is 0.905 bits per heavy atom. The molecule has 0 saturated carbocycles. The fourth-order valence-corrected chi connectivity index (χ4v) is 7.06. The summed E-state index contributed by atoms with van der Waals surface area (Å²) in [6, 6.07) is 19.2. The maximum atomic E-state index is 12.7. The van der Waals surface area contributed by atoms with Gasteiger partial charge in [0.2, 0.25) is 0 Å². The second kappa shape index (κ2) is 12.1. The fraction of sp³-hybridized carbons (Fsp3) is 0.375. The average Bonchev–Trinajstić information content (AvgIpc) is 3.41. The monoisotopic (exact) mass is 616 g/mol. The Hall–Kier alpha value is -2.75. The molecule has 0 amide bonds.